The van der Waals surface area contributed by atoms with Crippen LogP contribution in [0.25, 0.3) is 0 Å². The quantitative estimate of drug-likeness (QED) is 0.0183. The van der Waals surface area contributed by atoms with E-state index in [-0.39, 0.29) is 6.42 Å². The van der Waals surface area contributed by atoms with Crippen LogP contribution in [0, 0.1) is 0 Å². The molecule has 0 spiro atoms. The average molecular weight is 850 g/mol. The van der Waals surface area contributed by atoms with Crippen molar-refractivity contribution < 1.29 is 57.0 Å². The molecule has 342 valence electrons. The van der Waals surface area contributed by atoms with Gasteiger partial charge in [0.1, 0.15) is 30.5 Å². The fourth-order valence-electron chi connectivity index (χ4n) is 7.17. The number of aliphatic hydroxyl groups excluding tert-OH is 5. The van der Waals surface area contributed by atoms with Crippen LogP contribution in [0.3, 0.4) is 0 Å². The highest BCUT2D eigenvalue weighted by molar-refractivity contribution is 7.80. The summed E-state index contributed by atoms with van der Waals surface area (Å²) in [6.07, 6.45) is 27.3. The van der Waals surface area contributed by atoms with Crippen LogP contribution in [0.2, 0.25) is 0 Å². The van der Waals surface area contributed by atoms with E-state index in [1.807, 2.05) is 18.2 Å². The van der Waals surface area contributed by atoms with Crippen molar-refractivity contribution in [2.45, 2.75) is 236 Å². The van der Waals surface area contributed by atoms with Gasteiger partial charge in [-0.3, -0.25) is 9.35 Å². The summed E-state index contributed by atoms with van der Waals surface area (Å²) >= 11 is 0. The predicted molar refractivity (Wildman–Crippen MR) is 228 cm³/mol. The minimum atomic E-state index is -5.12. The van der Waals surface area contributed by atoms with Crippen LogP contribution in [0.5, 0.6) is 0 Å². The number of unbranched alkanes of at least 4 members (excludes halogenated alkanes) is 23. The zero-order valence-electron chi connectivity index (χ0n) is 36.0. The van der Waals surface area contributed by atoms with Crippen molar-refractivity contribution in [2.24, 2.45) is 0 Å². The third-order valence-electron chi connectivity index (χ3n) is 10.8. The Morgan fingerprint density at radius 2 is 1.14 bits per heavy atom. The minimum Gasteiger partial charge on any atom is -0.394 e. The second-order valence-electron chi connectivity index (χ2n) is 16.1. The summed E-state index contributed by atoms with van der Waals surface area (Å²) in [7, 11) is -5.12. The van der Waals surface area contributed by atoms with Crippen molar-refractivity contribution in [1.82, 2.24) is 5.32 Å². The molecule has 1 heterocycles. The molecule has 0 saturated carbocycles. The van der Waals surface area contributed by atoms with Crippen LogP contribution in [-0.4, -0.2) is 107 Å². The molecule has 0 aromatic heterocycles. The summed E-state index contributed by atoms with van der Waals surface area (Å²) in [4.78, 5) is 13.0. The number of amides is 1. The molecule has 0 aromatic rings. The van der Waals surface area contributed by atoms with Gasteiger partial charge in [0.05, 0.1) is 25.4 Å². The van der Waals surface area contributed by atoms with Gasteiger partial charge in [-0.15, -0.1) is 0 Å². The first-order chi connectivity index (χ1) is 27.9. The standard InChI is InChI=1S/C44H83NO12S/c1-3-5-7-9-11-13-14-15-16-17-18-19-20-21-22-23-24-25-27-28-30-32-37(47)36(45-43(51)38(48)33-31-29-26-12-10-8-6-4-2)35-55-44-41(50)42(57-58(52,53)54)40(49)39(34-46)56-44/h26,29-30,32,36-42,44,46-50H,3-25,27-28,31,33-35H2,1-2H3,(H,45,51)(H,52,53,54)/b29-26-,32-30+. The number of allylic oxidation sites excluding steroid dienone is 3. The summed E-state index contributed by atoms with van der Waals surface area (Å²) < 4.78 is 47.4. The molecule has 0 bridgehead atoms. The van der Waals surface area contributed by atoms with Gasteiger partial charge >= 0.3 is 10.4 Å². The minimum absolute atomic E-state index is 0.158. The van der Waals surface area contributed by atoms with Crippen molar-refractivity contribution in [3.8, 4) is 0 Å². The smallest absolute Gasteiger partial charge is 0.394 e. The van der Waals surface area contributed by atoms with Gasteiger partial charge in [-0.25, -0.2) is 4.18 Å². The van der Waals surface area contributed by atoms with Crippen LogP contribution in [0.4, 0.5) is 0 Å². The van der Waals surface area contributed by atoms with Gasteiger partial charge in [-0.05, 0) is 38.5 Å². The number of carbonyl (C=O) groups is 1. The van der Waals surface area contributed by atoms with Gasteiger partial charge in [0.25, 0.3) is 0 Å². The van der Waals surface area contributed by atoms with Gasteiger partial charge in [0.15, 0.2) is 6.29 Å². The van der Waals surface area contributed by atoms with Crippen molar-refractivity contribution in [1.29, 1.82) is 0 Å². The van der Waals surface area contributed by atoms with Gasteiger partial charge in [-0.1, -0.05) is 173 Å². The zero-order valence-corrected chi connectivity index (χ0v) is 36.8. The maximum atomic E-state index is 13.0. The highest BCUT2D eigenvalue weighted by atomic mass is 32.3. The average Bonchev–Trinajstić information content (AvgIpc) is 3.19. The lowest BCUT2D eigenvalue weighted by Crippen LogP contribution is -2.61. The molecule has 0 aromatic carbocycles. The molecule has 14 heteroatoms. The SMILES string of the molecule is CCCCCC/C=C\CCC(O)C(=O)NC(COC1OC(CO)C(O)C(OS(=O)(=O)O)C1O)C(O)/C=C/CCCCCCCCCCCCCCCCCCCCC. The van der Waals surface area contributed by atoms with Crippen LogP contribution >= 0.6 is 0 Å². The van der Waals surface area contributed by atoms with E-state index in [1.165, 1.54) is 115 Å². The summed E-state index contributed by atoms with van der Waals surface area (Å²) in [6.45, 7) is 3.14. The second-order valence-corrected chi connectivity index (χ2v) is 17.2. The lowest BCUT2D eigenvalue weighted by molar-refractivity contribution is -0.298. The first-order valence-electron chi connectivity index (χ1n) is 22.8. The van der Waals surface area contributed by atoms with E-state index in [9.17, 15) is 38.7 Å². The molecule has 1 aliphatic heterocycles. The van der Waals surface area contributed by atoms with Gasteiger partial charge < -0.3 is 40.3 Å². The predicted octanol–water partition coefficient (Wildman–Crippen LogP) is 7.52. The van der Waals surface area contributed by atoms with Crippen LogP contribution in [-0.2, 0) is 28.9 Å². The lowest BCUT2D eigenvalue weighted by atomic mass is 9.99. The Labute approximate surface area is 351 Å². The van der Waals surface area contributed by atoms with E-state index in [2.05, 4.69) is 23.3 Å². The molecule has 13 nitrogen and oxygen atoms in total. The third-order valence-corrected chi connectivity index (χ3v) is 11.3. The Morgan fingerprint density at radius 1 is 0.690 bits per heavy atom. The van der Waals surface area contributed by atoms with Gasteiger partial charge in [-0.2, -0.15) is 8.42 Å². The lowest BCUT2D eigenvalue weighted by Gasteiger charge is -2.41. The van der Waals surface area contributed by atoms with Gasteiger partial charge in [0, 0.05) is 0 Å². The van der Waals surface area contributed by atoms with E-state index in [4.69, 9.17) is 14.0 Å². The van der Waals surface area contributed by atoms with E-state index in [1.54, 1.807) is 0 Å². The molecule has 8 atom stereocenters. The third kappa shape index (κ3) is 27.4. The molecule has 0 aliphatic carbocycles. The van der Waals surface area contributed by atoms with Crippen molar-refractivity contribution in [3.05, 3.63) is 24.3 Å². The molecule has 0 radical (unpaired) electrons. The summed E-state index contributed by atoms with van der Waals surface area (Å²) in [5.41, 5.74) is 0. The summed E-state index contributed by atoms with van der Waals surface area (Å²) in [5, 5.41) is 54.9. The van der Waals surface area contributed by atoms with Gasteiger partial charge in [0.2, 0.25) is 5.91 Å². The first-order valence-corrected chi connectivity index (χ1v) is 24.2. The van der Waals surface area contributed by atoms with Crippen LogP contribution in [0.1, 0.15) is 187 Å². The fraction of sp³-hybridized carbons (Fsp3) is 0.886. The van der Waals surface area contributed by atoms with Crippen molar-refractivity contribution >= 4 is 16.3 Å². The molecule has 1 rings (SSSR count). The largest absolute Gasteiger partial charge is 0.397 e. The molecule has 1 saturated heterocycles. The molecule has 1 aliphatic rings. The highest BCUT2D eigenvalue weighted by Crippen LogP contribution is 2.26. The molecular formula is C44H83NO12S. The molecule has 8 unspecified atom stereocenters. The van der Waals surface area contributed by atoms with E-state index >= 15 is 0 Å². The molecule has 58 heavy (non-hydrogen) atoms. The monoisotopic (exact) mass is 850 g/mol. The Hall–Kier alpha value is -1.46. The molecule has 1 fully saturated rings. The van der Waals surface area contributed by atoms with E-state index < -0.39 is 78.5 Å². The number of rotatable bonds is 38. The number of hydrogen-bond donors (Lipinski definition) is 7. The Kier molecular flexibility index (Phi) is 33.1. The number of nitrogens with one attached hydrogen (secondary N) is 1. The molecular weight excluding hydrogens is 767 g/mol. The van der Waals surface area contributed by atoms with Crippen LogP contribution in [0.15, 0.2) is 24.3 Å². The first kappa shape index (κ1) is 54.6. The van der Waals surface area contributed by atoms with Crippen LogP contribution < -0.4 is 5.32 Å². The number of hydrogen-bond acceptors (Lipinski definition) is 11. The normalized spacial score (nSPS) is 21.8. The maximum Gasteiger partial charge on any atom is 0.397 e. The topological polar surface area (TPSA) is 212 Å². The fourth-order valence-corrected chi connectivity index (χ4v) is 7.68. The summed E-state index contributed by atoms with van der Waals surface area (Å²) in [5.74, 6) is -0.738. The number of ether oxygens (including phenoxy) is 2. The Bertz CT molecular complexity index is 1160. The van der Waals surface area contributed by atoms with E-state index in [0.29, 0.717) is 12.8 Å². The van der Waals surface area contributed by atoms with Crippen molar-refractivity contribution in [3.63, 3.8) is 0 Å². The maximum absolute atomic E-state index is 13.0. The molecule has 1 amide bonds. The number of carbonyl (C=O) groups excluding carboxylic acids is 1. The Balaban J connectivity index is 2.53. The van der Waals surface area contributed by atoms with Crippen molar-refractivity contribution in [2.75, 3.05) is 13.2 Å². The highest BCUT2D eigenvalue weighted by Gasteiger charge is 2.48. The summed E-state index contributed by atoms with van der Waals surface area (Å²) in [6, 6.07) is -1.13. The van der Waals surface area contributed by atoms with E-state index in [0.717, 1.165) is 44.9 Å². The Morgan fingerprint density at radius 3 is 1.62 bits per heavy atom. The second kappa shape index (κ2) is 35.2. The number of aliphatic hydroxyl groups is 5. The molecule has 7 N–H and O–H groups in total. The zero-order chi connectivity index (χ0) is 42.9.